The van der Waals surface area contributed by atoms with E-state index in [9.17, 15) is 13.2 Å². The minimum atomic E-state index is -1.28. The Hall–Kier alpha value is -1.82. The van der Waals surface area contributed by atoms with E-state index in [4.69, 9.17) is 4.42 Å². The van der Waals surface area contributed by atoms with Crippen LogP contribution in [-0.4, -0.2) is 4.98 Å². The van der Waals surface area contributed by atoms with Crippen LogP contribution in [-0.2, 0) is 0 Å². The first-order valence-corrected chi connectivity index (χ1v) is 6.06. The lowest BCUT2D eigenvalue weighted by Crippen LogP contribution is -1.94. The molecule has 0 amide bonds. The maximum atomic E-state index is 13.9. The molecule has 1 aromatic heterocycles. The van der Waals surface area contributed by atoms with Crippen molar-refractivity contribution in [1.29, 1.82) is 0 Å². The molecular weight excluding hydrogens is 323 g/mol. The van der Waals surface area contributed by atoms with Gasteiger partial charge in [0.05, 0.1) is 10.0 Å². The number of para-hydroxylation sites is 2. The largest absolute Gasteiger partial charge is 0.436 e. The summed E-state index contributed by atoms with van der Waals surface area (Å²) in [4.78, 5) is 4.04. The molecule has 96 valence electrons. The van der Waals surface area contributed by atoms with Gasteiger partial charge < -0.3 is 4.42 Å². The van der Waals surface area contributed by atoms with Gasteiger partial charge in [0.2, 0.25) is 5.89 Å². The Balaban J connectivity index is 2.27. The van der Waals surface area contributed by atoms with Gasteiger partial charge in [0.25, 0.3) is 0 Å². The Morgan fingerprint density at radius 1 is 1.05 bits per heavy atom. The zero-order valence-corrected chi connectivity index (χ0v) is 10.8. The first-order valence-electron chi connectivity index (χ1n) is 5.27. The summed E-state index contributed by atoms with van der Waals surface area (Å²) in [5, 5.41) is 0. The van der Waals surface area contributed by atoms with Crippen molar-refractivity contribution in [1.82, 2.24) is 4.98 Å². The zero-order chi connectivity index (χ0) is 13.6. The molecule has 0 atom stereocenters. The average Bonchev–Trinajstić information content (AvgIpc) is 2.84. The average molecular weight is 328 g/mol. The van der Waals surface area contributed by atoms with E-state index in [1.807, 2.05) is 0 Å². The Kier molecular flexibility index (Phi) is 2.82. The second kappa shape index (κ2) is 4.38. The molecule has 1 heterocycles. The quantitative estimate of drug-likeness (QED) is 0.479. The standard InChI is InChI=1S/C13H5BrF3NO/c14-10-11(16)6(5-7(15)12(10)17)13-18-8-3-1-2-4-9(8)19-13/h1-5H. The van der Waals surface area contributed by atoms with Crippen LogP contribution in [0.25, 0.3) is 22.6 Å². The fourth-order valence-corrected chi connectivity index (χ4v) is 2.12. The fraction of sp³-hybridized carbons (Fsp3) is 0. The maximum absolute atomic E-state index is 13.9. The number of oxazole rings is 1. The Morgan fingerprint density at radius 2 is 1.79 bits per heavy atom. The third-order valence-electron chi connectivity index (χ3n) is 2.63. The molecule has 0 saturated heterocycles. The highest BCUT2D eigenvalue weighted by Crippen LogP contribution is 2.32. The zero-order valence-electron chi connectivity index (χ0n) is 9.25. The number of hydrogen-bond donors (Lipinski definition) is 0. The minimum absolute atomic E-state index is 0.0988. The monoisotopic (exact) mass is 327 g/mol. The number of halogens is 4. The predicted octanol–water partition coefficient (Wildman–Crippen LogP) is 4.67. The van der Waals surface area contributed by atoms with Gasteiger partial charge in [-0.2, -0.15) is 0 Å². The van der Waals surface area contributed by atoms with Crippen molar-refractivity contribution in [2.45, 2.75) is 0 Å². The van der Waals surface area contributed by atoms with Gasteiger partial charge >= 0.3 is 0 Å². The van der Waals surface area contributed by atoms with Crippen molar-refractivity contribution in [2.24, 2.45) is 0 Å². The van der Waals surface area contributed by atoms with Crippen LogP contribution in [0.4, 0.5) is 13.2 Å². The summed E-state index contributed by atoms with van der Waals surface area (Å²) in [7, 11) is 0. The predicted molar refractivity (Wildman–Crippen MR) is 67.0 cm³/mol. The number of rotatable bonds is 1. The molecule has 0 saturated carbocycles. The molecule has 0 bridgehead atoms. The van der Waals surface area contributed by atoms with Crippen molar-refractivity contribution in [2.75, 3.05) is 0 Å². The second-order valence-electron chi connectivity index (χ2n) is 3.83. The van der Waals surface area contributed by atoms with E-state index in [0.29, 0.717) is 11.1 Å². The minimum Gasteiger partial charge on any atom is -0.436 e. The first kappa shape index (κ1) is 12.2. The van der Waals surface area contributed by atoms with Crippen LogP contribution in [0.1, 0.15) is 0 Å². The van der Waals surface area contributed by atoms with E-state index >= 15 is 0 Å². The van der Waals surface area contributed by atoms with Crippen LogP contribution in [0.5, 0.6) is 0 Å². The normalized spacial score (nSPS) is 11.2. The van der Waals surface area contributed by atoms with E-state index in [0.717, 1.165) is 6.07 Å². The highest BCUT2D eigenvalue weighted by atomic mass is 79.9. The molecule has 2 aromatic carbocycles. The number of aromatic nitrogens is 1. The summed E-state index contributed by atoms with van der Waals surface area (Å²) in [6.45, 7) is 0. The van der Waals surface area contributed by atoms with Crippen LogP contribution in [0.3, 0.4) is 0 Å². The molecule has 0 aliphatic carbocycles. The van der Waals surface area contributed by atoms with Crippen LogP contribution in [0, 0.1) is 17.5 Å². The third kappa shape index (κ3) is 1.92. The van der Waals surface area contributed by atoms with Gasteiger partial charge in [0.15, 0.2) is 23.0 Å². The van der Waals surface area contributed by atoms with Crippen LogP contribution >= 0.6 is 15.9 Å². The van der Waals surface area contributed by atoms with Crippen molar-refractivity contribution in [3.8, 4) is 11.5 Å². The molecule has 3 aromatic rings. The molecule has 0 aliphatic rings. The van der Waals surface area contributed by atoms with Crippen LogP contribution in [0.2, 0.25) is 0 Å². The molecule has 19 heavy (non-hydrogen) atoms. The highest BCUT2D eigenvalue weighted by Gasteiger charge is 2.21. The Morgan fingerprint density at radius 3 is 2.53 bits per heavy atom. The van der Waals surface area contributed by atoms with E-state index in [2.05, 4.69) is 20.9 Å². The second-order valence-corrected chi connectivity index (χ2v) is 4.63. The molecule has 0 aliphatic heterocycles. The SMILES string of the molecule is Fc1cc(-c2nc3ccccc3o2)c(F)c(Br)c1F. The summed E-state index contributed by atoms with van der Waals surface area (Å²) in [6, 6.07) is 7.52. The van der Waals surface area contributed by atoms with E-state index < -0.39 is 21.9 Å². The van der Waals surface area contributed by atoms with Gasteiger partial charge in [-0.05, 0) is 34.1 Å². The van der Waals surface area contributed by atoms with Crippen molar-refractivity contribution in [3.63, 3.8) is 0 Å². The van der Waals surface area contributed by atoms with Gasteiger partial charge in [-0.25, -0.2) is 18.2 Å². The molecule has 0 fully saturated rings. The smallest absolute Gasteiger partial charge is 0.230 e. The lowest BCUT2D eigenvalue weighted by Gasteiger charge is -2.03. The van der Waals surface area contributed by atoms with Crippen molar-refractivity contribution < 1.29 is 17.6 Å². The van der Waals surface area contributed by atoms with Gasteiger partial charge in [0.1, 0.15) is 5.52 Å². The van der Waals surface area contributed by atoms with E-state index in [1.165, 1.54) is 0 Å². The Bertz CT molecular complexity index is 752. The lowest BCUT2D eigenvalue weighted by molar-refractivity contribution is 0.486. The highest BCUT2D eigenvalue weighted by molar-refractivity contribution is 9.10. The first-order chi connectivity index (χ1) is 9.08. The molecule has 6 heteroatoms. The maximum Gasteiger partial charge on any atom is 0.230 e. The van der Waals surface area contributed by atoms with Crippen LogP contribution < -0.4 is 0 Å². The molecule has 0 N–H and O–H groups in total. The summed E-state index contributed by atoms with van der Waals surface area (Å²) in [5.74, 6) is -3.51. The molecular formula is C13H5BrF3NO. The number of fused-ring (bicyclic) bond motifs is 1. The van der Waals surface area contributed by atoms with E-state index in [-0.39, 0.29) is 11.5 Å². The fourth-order valence-electron chi connectivity index (χ4n) is 1.72. The molecule has 3 rings (SSSR count). The lowest BCUT2D eigenvalue weighted by atomic mass is 10.2. The van der Waals surface area contributed by atoms with Gasteiger partial charge in [-0.15, -0.1) is 0 Å². The summed E-state index contributed by atoms with van der Waals surface area (Å²) in [6.07, 6.45) is 0. The number of nitrogens with zero attached hydrogens (tertiary/aromatic N) is 1. The third-order valence-corrected chi connectivity index (χ3v) is 3.32. The summed E-state index contributed by atoms with van der Waals surface area (Å²) in [5.41, 5.74) is 0.720. The van der Waals surface area contributed by atoms with Crippen molar-refractivity contribution >= 4 is 27.0 Å². The van der Waals surface area contributed by atoms with E-state index in [1.54, 1.807) is 24.3 Å². The van der Waals surface area contributed by atoms with Gasteiger partial charge in [0, 0.05) is 0 Å². The van der Waals surface area contributed by atoms with Crippen molar-refractivity contribution in [3.05, 3.63) is 52.3 Å². The van der Waals surface area contributed by atoms with Gasteiger partial charge in [-0.1, -0.05) is 12.1 Å². The van der Waals surface area contributed by atoms with Gasteiger partial charge in [-0.3, -0.25) is 0 Å². The topological polar surface area (TPSA) is 26.0 Å². The molecule has 2 nitrogen and oxygen atoms in total. The summed E-state index contributed by atoms with van der Waals surface area (Å²) < 4.78 is 45.1. The molecule has 0 spiro atoms. The Labute approximate surface area is 114 Å². The summed E-state index contributed by atoms with van der Waals surface area (Å²) >= 11 is 2.66. The number of benzene rings is 2. The molecule has 0 unspecified atom stereocenters. The molecule has 0 radical (unpaired) electrons. The van der Waals surface area contributed by atoms with Crippen LogP contribution in [0.15, 0.2) is 39.2 Å². The number of hydrogen-bond acceptors (Lipinski definition) is 2.